The van der Waals surface area contributed by atoms with Crippen molar-refractivity contribution >= 4 is 23.5 Å². The summed E-state index contributed by atoms with van der Waals surface area (Å²) in [5.41, 5.74) is -0.763. The van der Waals surface area contributed by atoms with Crippen molar-refractivity contribution < 1.29 is 19.4 Å². The number of halogens is 1. The van der Waals surface area contributed by atoms with E-state index in [0.29, 0.717) is 37.1 Å². The van der Waals surface area contributed by atoms with Crippen LogP contribution in [0.5, 0.6) is 0 Å². The van der Waals surface area contributed by atoms with Gasteiger partial charge in [-0.15, -0.1) is 0 Å². The molecule has 0 radical (unpaired) electrons. The van der Waals surface area contributed by atoms with Gasteiger partial charge < -0.3 is 15.2 Å². The van der Waals surface area contributed by atoms with E-state index >= 15 is 0 Å². The number of ether oxygens (including phenoxy) is 1. The largest absolute Gasteiger partial charge is 0.447 e. The number of hydrogen-bond donors (Lipinski definition) is 2. The molecule has 0 aromatic carbocycles. The normalized spacial score (nSPS) is 23.8. The van der Waals surface area contributed by atoms with Crippen molar-refractivity contribution in [3.8, 4) is 0 Å². The van der Waals surface area contributed by atoms with Crippen LogP contribution in [0.3, 0.4) is 0 Å². The Labute approximate surface area is 172 Å². The summed E-state index contributed by atoms with van der Waals surface area (Å²) in [6.07, 6.45) is 3.58. The lowest BCUT2D eigenvalue weighted by molar-refractivity contribution is -0.00300. The van der Waals surface area contributed by atoms with E-state index in [9.17, 15) is 14.7 Å². The highest BCUT2D eigenvalue weighted by Gasteiger charge is 2.41. The second-order valence-electron chi connectivity index (χ2n) is 8.94. The Bertz CT molecular complexity index is 722. The summed E-state index contributed by atoms with van der Waals surface area (Å²) in [5.74, 6) is -0.0746. The minimum Gasteiger partial charge on any atom is -0.447 e. The van der Waals surface area contributed by atoms with Crippen molar-refractivity contribution in [2.75, 3.05) is 0 Å². The lowest BCUT2D eigenvalue weighted by Gasteiger charge is -2.35. The molecule has 28 heavy (non-hydrogen) atoms. The van der Waals surface area contributed by atoms with Crippen LogP contribution in [-0.2, 0) is 4.74 Å². The zero-order valence-corrected chi connectivity index (χ0v) is 18.1. The predicted octanol–water partition coefficient (Wildman–Crippen LogP) is 4.45. The van der Waals surface area contributed by atoms with Crippen molar-refractivity contribution in [3.63, 3.8) is 0 Å². The first-order valence-electron chi connectivity index (χ1n) is 9.78. The molecule has 6 nitrogen and oxygen atoms in total. The fourth-order valence-electron chi connectivity index (χ4n) is 3.60. The van der Waals surface area contributed by atoms with E-state index in [1.54, 1.807) is 13.0 Å². The number of rotatable bonds is 5. The van der Waals surface area contributed by atoms with Crippen molar-refractivity contribution in [1.29, 1.82) is 0 Å². The third-order valence-electron chi connectivity index (χ3n) is 5.04. The monoisotopic (exact) mass is 410 g/mol. The fraction of sp³-hybridized carbons (Fsp3) is 0.667. The minimum absolute atomic E-state index is 0.231. The van der Waals surface area contributed by atoms with Crippen LogP contribution in [-0.4, -0.2) is 39.2 Å². The van der Waals surface area contributed by atoms with Gasteiger partial charge in [0.1, 0.15) is 11.7 Å². The molecule has 1 aliphatic carbocycles. The number of nitrogens with zero attached hydrogens (tertiary/aromatic N) is 1. The number of nitrogens with one attached hydrogen (secondary N) is 1. The maximum Gasteiger partial charge on any atom is 0.407 e. The first kappa shape index (κ1) is 22.6. The summed E-state index contributed by atoms with van der Waals surface area (Å²) < 4.78 is 5.42. The zero-order valence-electron chi connectivity index (χ0n) is 17.3. The Kier molecular flexibility index (Phi) is 7.10. The van der Waals surface area contributed by atoms with Crippen LogP contribution < -0.4 is 5.32 Å². The topological polar surface area (TPSA) is 88.5 Å². The smallest absolute Gasteiger partial charge is 0.407 e. The fourth-order valence-corrected chi connectivity index (χ4v) is 3.89. The van der Waals surface area contributed by atoms with Crippen LogP contribution >= 0.6 is 11.6 Å². The van der Waals surface area contributed by atoms with Crippen LogP contribution in [0.2, 0.25) is 5.02 Å². The number of carbonyl (C=O) groups excluding carboxylic acids is 2. The van der Waals surface area contributed by atoms with Gasteiger partial charge in [0.15, 0.2) is 5.78 Å². The molecular weight excluding hydrogens is 380 g/mol. The van der Waals surface area contributed by atoms with Gasteiger partial charge in [0, 0.05) is 17.4 Å². The van der Waals surface area contributed by atoms with Crippen molar-refractivity contribution in [1.82, 2.24) is 10.3 Å². The van der Waals surface area contributed by atoms with Crippen LogP contribution in [0.4, 0.5) is 4.79 Å². The van der Waals surface area contributed by atoms with Crippen molar-refractivity contribution in [2.45, 2.75) is 84.0 Å². The van der Waals surface area contributed by atoms with Crippen LogP contribution in [0, 0.1) is 12.8 Å². The van der Waals surface area contributed by atoms with Gasteiger partial charge in [-0.3, -0.25) is 9.78 Å². The molecule has 1 saturated carbocycles. The standard InChI is InChI=1S/C21H31ClN2O4/c1-13-10-17(22)16(12-23-13)18(25)21(27)8-6-15(7-9-21)11-14(2)28-19(26)24-20(3,4)5/h10,12,14-15,27H,6-9,11H2,1-5H3,(H,24,26)/t14-,15?,21?/m0/s1. The van der Waals surface area contributed by atoms with E-state index in [0.717, 1.165) is 5.69 Å². The number of alkyl carbamates (subject to hydrolysis) is 1. The second-order valence-corrected chi connectivity index (χ2v) is 9.34. The number of amides is 1. The molecule has 0 saturated heterocycles. The quantitative estimate of drug-likeness (QED) is 0.700. The van der Waals surface area contributed by atoms with Gasteiger partial charge in [-0.05, 0) is 78.7 Å². The average molecular weight is 411 g/mol. The van der Waals surface area contributed by atoms with Crippen LogP contribution in [0.1, 0.15) is 75.9 Å². The number of aryl methyl sites for hydroxylation is 1. The van der Waals surface area contributed by atoms with Crippen LogP contribution in [0.25, 0.3) is 0 Å². The summed E-state index contributed by atoms with van der Waals surface area (Å²) in [7, 11) is 0. The molecule has 0 spiro atoms. The van der Waals surface area contributed by atoms with Gasteiger partial charge in [-0.2, -0.15) is 0 Å². The lowest BCUT2D eigenvalue weighted by atomic mass is 9.74. The number of aliphatic hydroxyl groups is 1. The van der Waals surface area contributed by atoms with Crippen LogP contribution in [0.15, 0.2) is 12.3 Å². The SMILES string of the molecule is Cc1cc(Cl)c(C(=O)C2(O)CCC(C[C@H](C)OC(=O)NC(C)(C)C)CC2)cn1. The molecule has 2 rings (SSSR count). The first-order valence-corrected chi connectivity index (χ1v) is 10.2. The van der Waals surface area contributed by atoms with Gasteiger partial charge in [0.2, 0.25) is 0 Å². The molecule has 0 unspecified atom stereocenters. The third kappa shape index (κ3) is 6.17. The molecule has 1 aliphatic rings. The van der Waals surface area contributed by atoms with Gasteiger partial charge in [-0.1, -0.05) is 11.6 Å². The minimum atomic E-state index is -1.41. The Morgan fingerprint density at radius 3 is 2.54 bits per heavy atom. The molecule has 1 aromatic rings. The molecule has 0 aliphatic heterocycles. The Morgan fingerprint density at radius 1 is 1.39 bits per heavy atom. The molecule has 2 N–H and O–H groups in total. The van der Waals surface area contributed by atoms with E-state index in [4.69, 9.17) is 16.3 Å². The van der Waals surface area contributed by atoms with E-state index in [-0.39, 0.29) is 28.9 Å². The summed E-state index contributed by atoms with van der Waals surface area (Å²) in [5, 5.41) is 14.0. The van der Waals surface area contributed by atoms with Gasteiger partial charge in [-0.25, -0.2) is 4.79 Å². The molecule has 156 valence electrons. The Morgan fingerprint density at radius 2 is 2.00 bits per heavy atom. The van der Waals surface area contributed by atoms with Gasteiger partial charge in [0.05, 0.1) is 10.6 Å². The number of aromatic nitrogens is 1. The van der Waals surface area contributed by atoms with E-state index < -0.39 is 11.7 Å². The van der Waals surface area contributed by atoms with Crippen molar-refractivity contribution in [2.24, 2.45) is 5.92 Å². The van der Waals surface area contributed by atoms with Gasteiger partial charge in [0.25, 0.3) is 0 Å². The predicted molar refractivity (Wildman–Crippen MR) is 109 cm³/mol. The molecule has 1 atom stereocenters. The summed E-state index contributed by atoms with van der Waals surface area (Å²) in [6.45, 7) is 9.35. The highest BCUT2D eigenvalue weighted by atomic mass is 35.5. The summed E-state index contributed by atoms with van der Waals surface area (Å²) in [4.78, 5) is 28.8. The van der Waals surface area contributed by atoms with Crippen molar-refractivity contribution in [3.05, 3.63) is 28.5 Å². The number of hydrogen-bond acceptors (Lipinski definition) is 5. The zero-order chi connectivity index (χ0) is 21.1. The molecule has 1 amide bonds. The number of carbonyl (C=O) groups is 2. The Balaban J connectivity index is 1.89. The lowest BCUT2D eigenvalue weighted by Crippen LogP contribution is -2.43. The first-order chi connectivity index (χ1) is 12.9. The summed E-state index contributed by atoms with van der Waals surface area (Å²) >= 11 is 6.17. The van der Waals surface area contributed by atoms with E-state index in [2.05, 4.69) is 10.3 Å². The third-order valence-corrected chi connectivity index (χ3v) is 5.35. The molecule has 1 aromatic heterocycles. The Hall–Kier alpha value is -1.66. The number of ketones is 1. The molecule has 0 bridgehead atoms. The number of Topliss-reactive ketones (excluding diaryl/α,β-unsaturated/α-hetero) is 1. The molecule has 1 heterocycles. The second kappa shape index (κ2) is 8.78. The number of pyridine rings is 1. The van der Waals surface area contributed by atoms with E-state index in [1.165, 1.54) is 6.20 Å². The van der Waals surface area contributed by atoms with E-state index in [1.807, 2.05) is 27.7 Å². The maximum atomic E-state index is 12.8. The highest BCUT2D eigenvalue weighted by molar-refractivity contribution is 6.34. The maximum absolute atomic E-state index is 12.8. The highest BCUT2D eigenvalue weighted by Crippen LogP contribution is 2.37. The molecule has 7 heteroatoms. The summed E-state index contributed by atoms with van der Waals surface area (Å²) in [6, 6.07) is 1.63. The average Bonchev–Trinajstić information content (AvgIpc) is 2.54. The van der Waals surface area contributed by atoms with Gasteiger partial charge >= 0.3 is 6.09 Å². The molecule has 1 fully saturated rings. The molecular formula is C21H31ClN2O4.